The first kappa shape index (κ1) is 16.8. The predicted octanol–water partition coefficient (Wildman–Crippen LogP) is 2.95. The van der Waals surface area contributed by atoms with E-state index in [0.29, 0.717) is 0 Å². The second-order valence-electron chi connectivity index (χ2n) is 4.88. The van der Waals surface area contributed by atoms with Gasteiger partial charge >= 0.3 is 0 Å². The third-order valence-electron chi connectivity index (χ3n) is 2.94. The van der Waals surface area contributed by atoms with Crippen LogP contribution in [0, 0.1) is 6.92 Å². The van der Waals surface area contributed by atoms with Crippen molar-refractivity contribution in [2.75, 3.05) is 5.75 Å². The molecule has 0 radical (unpaired) electrons. The molecule has 0 saturated heterocycles. The second-order valence-corrected chi connectivity index (χ2v) is 5.93. The fraction of sp³-hybridized carbons (Fsp3) is 0.111. The molecule has 2 rings (SSSR count). The molecule has 0 heterocycles. The molecule has 0 aliphatic rings. The van der Waals surface area contributed by atoms with Gasteiger partial charge in [-0.3, -0.25) is 20.4 Å². The van der Waals surface area contributed by atoms with Crippen molar-refractivity contribution >= 4 is 29.7 Å². The van der Waals surface area contributed by atoms with E-state index in [0.717, 1.165) is 10.5 Å². The highest BCUT2D eigenvalue weighted by atomic mass is 32.2. The standard InChI is InChI=1S/C18H18N2O2S/c1-14-7-10-16(11-8-14)23-13-18(22)20-19-17(21)12-9-15-5-3-2-4-6-15/h2-12H,13H2,1H3,(H,19,21)(H,20,22)/b12-9+. The summed E-state index contributed by atoms with van der Waals surface area (Å²) in [6.07, 6.45) is 3.06. The lowest BCUT2D eigenvalue weighted by Crippen LogP contribution is -2.41. The van der Waals surface area contributed by atoms with Crippen LogP contribution >= 0.6 is 11.8 Å². The molecule has 0 aliphatic carbocycles. The Labute approximate surface area is 140 Å². The highest BCUT2D eigenvalue weighted by Crippen LogP contribution is 2.17. The fourth-order valence-electron chi connectivity index (χ4n) is 1.73. The minimum Gasteiger partial charge on any atom is -0.272 e. The molecule has 0 unspecified atom stereocenters. The topological polar surface area (TPSA) is 58.2 Å². The van der Waals surface area contributed by atoms with Crippen molar-refractivity contribution < 1.29 is 9.59 Å². The number of carbonyl (C=O) groups is 2. The van der Waals surface area contributed by atoms with Crippen molar-refractivity contribution in [3.8, 4) is 0 Å². The predicted molar refractivity (Wildman–Crippen MR) is 93.7 cm³/mol. The van der Waals surface area contributed by atoms with Crippen molar-refractivity contribution in [1.29, 1.82) is 0 Å². The zero-order valence-electron chi connectivity index (χ0n) is 12.8. The molecule has 5 heteroatoms. The Morgan fingerprint density at radius 3 is 2.39 bits per heavy atom. The lowest BCUT2D eigenvalue weighted by molar-refractivity contribution is -0.125. The maximum absolute atomic E-state index is 11.7. The molecule has 2 aromatic rings. The van der Waals surface area contributed by atoms with Crippen molar-refractivity contribution in [2.24, 2.45) is 0 Å². The molecule has 0 atom stereocenters. The maximum Gasteiger partial charge on any atom is 0.262 e. The summed E-state index contributed by atoms with van der Waals surface area (Å²) in [5.41, 5.74) is 6.85. The molecule has 0 fully saturated rings. The minimum absolute atomic E-state index is 0.242. The molecule has 23 heavy (non-hydrogen) atoms. The summed E-state index contributed by atoms with van der Waals surface area (Å²) in [6.45, 7) is 2.01. The summed E-state index contributed by atoms with van der Waals surface area (Å²) in [5.74, 6) is -0.384. The number of nitrogens with one attached hydrogen (secondary N) is 2. The molecule has 0 saturated carbocycles. The van der Waals surface area contributed by atoms with Crippen LogP contribution in [-0.4, -0.2) is 17.6 Å². The molecule has 2 amide bonds. The zero-order chi connectivity index (χ0) is 16.5. The van der Waals surface area contributed by atoms with Crippen molar-refractivity contribution in [3.63, 3.8) is 0 Å². The van der Waals surface area contributed by atoms with Gasteiger partial charge in [-0.25, -0.2) is 0 Å². The van der Waals surface area contributed by atoms with Gasteiger partial charge in [0.05, 0.1) is 5.75 Å². The van der Waals surface area contributed by atoms with E-state index in [4.69, 9.17) is 0 Å². The smallest absolute Gasteiger partial charge is 0.262 e. The molecule has 0 bridgehead atoms. The second kappa shape index (κ2) is 8.80. The number of aryl methyl sites for hydroxylation is 1. The third-order valence-corrected chi connectivity index (χ3v) is 3.95. The highest BCUT2D eigenvalue weighted by Gasteiger charge is 2.03. The average molecular weight is 326 g/mol. The van der Waals surface area contributed by atoms with Gasteiger partial charge in [0.2, 0.25) is 5.91 Å². The molecule has 0 aromatic heterocycles. The van der Waals surface area contributed by atoms with E-state index < -0.39 is 0 Å². The van der Waals surface area contributed by atoms with Crippen LogP contribution in [0.4, 0.5) is 0 Å². The van der Waals surface area contributed by atoms with Crippen LogP contribution in [0.1, 0.15) is 11.1 Å². The largest absolute Gasteiger partial charge is 0.272 e. The van der Waals surface area contributed by atoms with E-state index in [2.05, 4.69) is 10.9 Å². The Hall–Kier alpha value is -2.53. The van der Waals surface area contributed by atoms with Gasteiger partial charge in [-0.1, -0.05) is 48.0 Å². The first-order valence-electron chi connectivity index (χ1n) is 7.15. The van der Waals surface area contributed by atoms with Crippen molar-refractivity contribution in [2.45, 2.75) is 11.8 Å². The molecule has 118 valence electrons. The molecule has 0 aliphatic heterocycles. The first-order valence-corrected chi connectivity index (χ1v) is 8.13. The van der Waals surface area contributed by atoms with E-state index in [1.54, 1.807) is 6.08 Å². The van der Waals surface area contributed by atoms with Crippen molar-refractivity contribution in [1.82, 2.24) is 10.9 Å². The Kier molecular flexibility index (Phi) is 6.44. The Morgan fingerprint density at radius 2 is 1.70 bits per heavy atom. The van der Waals surface area contributed by atoms with Crippen LogP contribution in [0.25, 0.3) is 6.08 Å². The Bertz CT molecular complexity index is 682. The van der Waals surface area contributed by atoms with E-state index in [-0.39, 0.29) is 17.6 Å². The number of rotatable bonds is 5. The monoisotopic (exact) mass is 326 g/mol. The Morgan fingerprint density at radius 1 is 1.00 bits per heavy atom. The number of hydrazine groups is 1. The summed E-state index contributed by atoms with van der Waals surface area (Å²) >= 11 is 1.42. The van der Waals surface area contributed by atoms with Gasteiger partial charge in [0.25, 0.3) is 5.91 Å². The number of hydrogen-bond acceptors (Lipinski definition) is 3. The van der Waals surface area contributed by atoms with Crippen LogP contribution in [-0.2, 0) is 9.59 Å². The van der Waals surface area contributed by atoms with Crippen LogP contribution in [0.2, 0.25) is 0 Å². The van der Waals surface area contributed by atoms with Gasteiger partial charge in [-0.15, -0.1) is 11.8 Å². The Balaban J connectivity index is 1.70. The van der Waals surface area contributed by atoms with Gasteiger partial charge in [-0.2, -0.15) is 0 Å². The normalized spacial score (nSPS) is 10.5. The average Bonchev–Trinajstić information content (AvgIpc) is 2.58. The van der Waals surface area contributed by atoms with E-state index in [9.17, 15) is 9.59 Å². The summed E-state index contributed by atoms with van der Waals surface area (Å²) in [5, 5.41) is 0. The molecule has 0 spiro atoms. The van der Waals surface area contributed by atoms with Crippen LogP contribution < -0.4 is 10.9 Å². The SMILES string of the molecule is Cc1ccc(SCC(=O)NNC(=O)/C=C/c2ccccc2)cc1. The van der Waals surface area contributed by atoms with E-state index in [1.165, 1.54) is 23.4 Å². The third kappa shape index (κ3) is 6.40. The van der Waals surface area contributed by atoms with E-state index >= 15 is 0 Å². The van der Waals surface area contributed by atoms with Gasteiger partial charge in [0.15, 0.2) is 0 Å². The first-order chi connectivity index (χ1) is 11.1. The number of benzene rings is 2. The van der Waals surface area contributed by atoms with Crippen molar-refractivity contribution in [3.05, 3.63) is 71.8 Å². The molecular weight excluding hydrogens is 308 g/mol. The van der Waals surface area contributed by atoms with Crippen LogP contribution in [0.3, 0.4) is 0 Å². The number of carbonyl (C=O) groups excluding carboxylic acids is 2. The maximum atomic E-state index is 11.7. The number of thioether (sulfide) groups is 1. The van der Waals surface area contributed by atoms with Gasteiger partial charge in [0, 0.05) is 11.0 Å². The summed E-state index contributed by atoms with van der Waals surface area (Å²) in [6, 6.07) is 17.4. The minimum atomic E-state index is -0.373. The van der Waals surface area contributed by atoms with E-state index in [1.807, 2.05) is 61.5 Å². The number of hydrogen-bond donors (Lipinski definition) is 2. The summed E-state index contributed by atoms with van der Waals surface area (Å²) in [4.78, 5) is 24.3. The molecule has 2 N–H and O–H groups in total. The molecule has 4 nitrogen and oxygen atoms in total. The summed E-state index contributed by atoms with van der Waals surface area (Å²) < 4.78 is 0. The van der Waals surface area contributed by atoms with Crippen LogP contribution in [0.5, 0.6) is 0 Å². The zero-order valence-corrected chi connectivity index (χ0v) is 13.6. The number of amides is 2. The van der Waals surface area contributed by atoms with Gasteiger partial charge in [-0.05, 0) is 30.7 Å². The van der Waals surface area contributed by atoms with Gasteiger partial charge in [0.1, 0.15) is 0 Å². The quantitative estimate of drug-likeness (QED) is 0.504. The van der Waals surface area contributed by atoms with Crippen LogP contribution in [0.15, 0.2) is 65.6 Å². The summed E-state index contributed by atoms with van der Waals surface area (Å²) in [7, 11) is 0. The lowest BCUT2D eigenvalue weighted by Gasteiger charge is -2.05. The highest BCUT2D eigenvalue weighted by molar-refractivity contribution is 8.00. The van der Waals surface area contributed by atoms with Gasteiger partial charge < -0.3 is 0 Å². The fourth-order valence-corrected chi connectivity index (χ4v) is 2.43. The molecule has 2 aromatic carbocycles. The molecular formula is C18H18N2O2S. The lowest BCUT2D eigenvalue weighted by atomic mass is 10.2.